The van der Waals surface area contributed by atoms with Crippen LogP contribution in [0.1, 0.15) is 6.42 Å². The van der Waals surface area contributed by atoms with E-state index in [-0.39, 0.29) is 22.5 Å². The number of rotatable bonds is 3. The van der Waals surface area contributed by atoms with E-state index >= 15 is 0 Å². The van der Waals surface area contributed by atoms with Crippen molar-refractivity contribution in [1.82, 2.24) is 9.47 Å². The van der Waals surface area contributed by atoms with E-state index in [1.165, 1.54) is 22.8 Å². The molecule has 0 unspecified atom stereocenters. The Labute approximate surface area is 131 Å². The summed E-state index contributed by atoms with van der Waals surface area (Å²) in [5.41, 5.74) is 5.70. The van der Waals surface area contributed by atoms with Crippen LogP contribution in [0.4, 0.5) is 8.78 Å². The number of hydrogen-bond donors (Lipinski definition) is 2. The van der Waals surface area contributed by atoms with Crippen LogP contribution in [-0.4, -0.2) is 46.4 Å². The van der Waals surface area contributed by atoms with Gasteiger partial charge < -0.3 is 15.4 Å². The molecule has 0 saturated carbocycles. The number of nitrogens with two attached hydrogens (primary N) is 1. The number of aromatic nitrogens is 1. The molecule has 1 aromatic carbocycles. The molecule has 1 saturated heterocycles. The first kappa shape index (κ1) is 16.0. The van der Waals surface area contributed by atoms with Gasteiger partial charge in [-0.05, 0) is 25.1 Å². The first-order chi connectivity index (χ1) is 11.0. The van der Waals surface area contributed by atoms with Gasteiger partial charge in [0.05, 0.1) is 11.6 Å². The minimum absolute atomic E-state index is 0.215. The zero-order valence-electron chi connectivity index (χ0n) is 12.6. The summed E-state index contributed by atoms with van der Waals surface area (Å²) in [4.78, 5) is 14.1. The molecule has 7 heteroatoms. The minimum atomic E-state index is -0.714. The number of fused-ring (bicyclic) bond motifs is 1. The van der Waals surface area contributed by atoms with E-state index in [9.17, 15) is 18.7 Å². The summed E-state index contributed by atoms with van der Waals surface area (Å²) in [6, 6.07) is 4.40. The fourth-order valence-corrected chi connectivity index (χ4v) is 3.01. The summed E-state index contributed by atoms with van der Waals surface area (Å²) >= 11 is 0. The first-order valence-electron chi connectivity index (χ1n) is 7.60. The number of hydrogen-bond acceptors (Lipinski definition) is 4. The summed E-state index contributed by atoms with van der Waals surface area (Å²) in [5, 5.41) is 10.0. The number of halogens is 2. The Hall–Kier alpha value is -1.83. The highest BCUT2D eigenvalue weighted by Crippen LogP contribution is 2.18. The summed E-state index contributed by atoms with van der Waals surface area (Å²) in [6.45, 7) is 1.95. The van der Waals surface area contributed by atoms with Gasteiger partial charge in [-0.15, -0.1) is 0 Å². The molecule has 2 atom stereocenters. The molecule has 3 rings (SSSR count). The van der Waals surface area contributed by atoms with Gasteiger partial charge in [0.2, 0.25) is 0 Å². The lowest BCUT2D eigenvalue weighted by Crippen LogP contribution is -2.51. The molecule has 3 N–H and O–H groups in total. The fourth-order valence-electron chi connectivity index (χ4n) is 3.01. The molecular weight excluding hydrogens is 304 g/mol. The number of aliphatic hydroxyl groups excluding tert-OH is 1. The van der Waals surface area contributed by atoms with Crippen molar-refractivity contribution in [3.8, 4) is 0 Å². The lowest BCUT2D eigenvalue weighted by molar-refractivity contribution is 0.0520. The average Bonchev–Trinajstić information content (AvgIpc) is 2.49. The Balaban J connectivity index is 1.85. The molecule has 1 aromatic heterocycles. The highest BCUT2D eigenvalue weighted by molar-refractivity contribution is 5.79. The molecule has 0 bridgehead atoms. The third-order valence-corrected chi connectivity index (χ3v) is 4.38. The number of β-amino-alcohol motifs (C(OH)–C–C–N with tert-alkyl or cyclic N) is 1. The van der Waals surface area contributed by atoms with Gasteiger partial charge in [0.15, 0.2) is 0 Å². The minimum Gasteiger partial charge on any atom is -0.390 e. The smallest absolute Gasteiger partial charge is 0.251 e. The molecule has 5 nitrogen and oxygen atoms in total. The molecule has 0 radical (unpaired) electrons. The van der Waals surface area contributed by atoms with E-state index in [1.54, 1.807) is 0 Å². The zero-order chi connectivity index (χ0) is 16.6. The number of benzene rings is 1. The van der Waals surface area contributed by atoms with Crippen molar-refractivity contribution in [2.75, 3.05) is 19.6 Å². The Bertz CT molecular complexity index is 778. The van der Waals surface area contributed by atoms with Crippen molar-refractivity contribution in [2.45, 2.75) is 25.1 Å². The molecular formula is C16H19F2N3O2. The van der Waals surface area contributed by atoms with E-state index in [0.717, 1.165) is 12.6 Å². The largest absolute Gasteiger partial charge is 0.390 e. The molecule has 0 amide bonds. The summed E-state index contributed by atoms with van der Waals surface area (Å²) < 4.78 is 28.7. The SMILES string of the molecule is N[C@@H]1CCN(CCn2c(=O)ccc3c(F)cc(F)cc32)C[C@@H]1O. The van der Waals surface area contributed by atoms with Crippen LogP contribution in [0, 0.1) is 11.6 Å². The van der Waals surface area contributed by atoms with E-state index in [0.29, 0.717) is 26.1 Å². The third kappa shape index (κ3) is 3.26. The van der Waals surface area contributed by atoms with Crippen LogP contribution < -0.4 is 11.3 Å². The van der Waals surface area contributed by atoms with E-state index in [4.69, 9.17) is 5.73 Å². The Morgan fingerprint density at radius 3 is 2.78 bits per heavy atom. The van der Waals surface area contributed by atoms with Gasteiger partial charge in [-0.25, -0.2) is 8.78 Å². The first-order valence-corrected chi connectivity index (χ1v) is 7.60. The van der Waals surface area contributed by atoms with Crippen molar-refractivity contribution in [2.24, 2.45) is 5.73 Å². The molecule has 0 spiro atoms. The monoisotopic (exact) mass is 323 g/mol. The van der Waals surface area contributed by atoms with Crippen molar-refractivity contribution in [1.29, 1.82) is 0 Å². The second-order valence-corrected chi connectivity index (χ2v) is 5.96. The van der Waals surface area contributed by atoms with Crippen LogP contribution in [0.5, 0.6) is 0 Å². The quantitative estimate of drug-likeness (QED) is 0.871. The van der Waals surface area contributed by atoms with Crippen molar-refractivity contribution in [3.05, 3.63) is 46.3 Å². The summed E-state index contributed by atoms with van der Waals surface area (Å²) in [6.07, 6.45) is 0.0809. The van der Waals surface area contributed by atoms with Gasteiger partial charge in [0.25, 0.3) is 5.56 Å². The van der Waals surface area contributed by atoms with Gasteiger partial charge >= 0.3 is 0 Å². The van der Waals surface area contributed by atoms with Crippen LogP contribution in [0.2, 0.25) is 0 Å². The molecule has 0 aliphatic carbocycles. The molecule has 124 valence electrons. The molecule has 23 heavy (non-hydrogen) atoms. The van der Waals surface area contributed by atoms with Crippen LogP contribution >= 0.6 is 0 Å². The topological polar surface area (TPSA) is 71.5 Å². The Morgan fingerprint density at radius 1 is 1.26 bits per heavy atom. The predicted octanol–water partition coefficient (Wildman–Crippen LogP) is 0.674. The van der Waals surface area contributed by atoms with Crippen molar-refractivity contribution in [3.63, 3.8) is 0 Å². The van der Waals surface area contributed by atoms with E-state index < -0.39 is 17.7 Å². The zero-order valence-corrected chi connectivity index (χ0v) is 12.6. The highest BCUT2D eigenvalue weighted by Gasteiger charge is 2.24. The van der Waals surface area contributed by atoms with Gasteiger partial charge in [-0.1, -0.05) is 0 Å². The fraction of sp³-hybridized carbons (Fsp3) is 0.438. The maximum absolute atomic E-state index is 13.8. The highest BCUT2D eigenvalue weighted by atomic mass is 19.1. The number of likely N-dealkylation sites (tertiary alicyclic amines) is 1. The summed E-state index contributed by atoms with van der Waals surface area (Å²) in [7, 11) is 0. The molecule has 1 aliphatic rings. The molecule has 2 aromatic rings. The normalized spacial score (nSPS) is 22.6. The number of pyridine rings is 1. The van der Waals surface area contributed by atoms with Crippen LogP contribution in [-0.2, 0) is 6.54 Å². The number of piperidine rings is 1. The maximum atomic E-state index is 13.8. The second kappa shape index (κ2) is 6.35. The standard InChI is InChI=1S/C16H19F2N3O2/c17-10-7-12(18)11-1-2-16(23)21(14(11)8-10)6-5-20-4-3-13(19)15(22)9-20/h1-2,7-8,13,15,22H,3-6,9,19H2/t13-,15+/m1/s1. The van der Waals surface area contributed by atoms with Crippen LogP contribution in [0.15, 0.2) is 29.1 Å². The summed E-state index contributed by atoms with van der Waals surface area (Å²) in [5.74, 6) is -1.40. The average molecular weight is 323 g/mol. The van der Waals surface area contributed by atoms with Crippen molar-refractivity contribution < 1.29 is 13.9 Å². The predicted molar refractivity (Wildman–Crippen MR) is 83.2 cm³/mol. The van der Waals surface area contributed by atoms with E-state index in [2.05, 4.69) is 0 Å². The lowest BCUT2D eigenvalue weighted by atomic mass is 10.0. The lowest BCUT2D eigenvalue weighted by Gasteiger charge is -2.34. The Kier molecular flexibility index (Phi) is 4.43. The van der Waals surface area contributed by atoms with Crippen LogP contribution in [0.3, 0.4) is 0 Å². The van der Waals surface area contributed by atoms with Gasteiger partial charge in [-0.3, -0.25) is 9.69 Å². The van der Waals surface area contributed by atoms with Crippen molar-refractivity contribution >= 4 is 10.9 Å². The molecule has 1 fully saturated rings. The maximum Gasteiger partial charge on any atom is 0.251 e. The number of nitrogens with zero attached hydrogens (tertiary/aromatic N) is 2. The van der Waals surface area contributed by atoms with Crippen LogP contribution in [0.25, 0.3) is 10.9 Å². The molecule has 1 aliphatic heterocycles. The van der Waals surface area contributed by atoms with Gasteiger partial charge in [0.1, 0.15) is 11.6 Å². The second-order valence-electron chi connectivity index (χ2n) is 5.96. The molecule has 2 heterocycles. The number of aliphatic hydroxyl groups is 1. The van der Waals surface area contributed by atoms with E-state index in [1.807, 2.05) is 4.90 Å². The Morgan fingerprint density at radius 2 is 2.04 bits per heavy atom. The van der Waals surface area contributed by atoms with Gasteiger partial charge in [-0.2, -0.15) is 0 Å². The van der Waals surface area contributed by atoms with Gasteiger partial charge in [0, 0.05) is 43.2 Å². The third-order valence-electron chi connectivity index (χ3n) is 4.38.